The van der Waals surface area contributed by atoms with Gasteiger partial charge in [0.1, 0.15) is 6.29 Å². The van der Waals surface area contributed by atoms with E-state index in [1.165, 1.54) is 7.11 Å². The minimum atomic E-state index is -0.334. The van der Waals surface area contributed by atoms with Crippen LogP contribution in [0.25, 0.3) is 0 Å². The van der Waals surface area contributed by atoms with Gasteiger partial charge in [-0.25, -0.2) is 4.79 Å². The number of ether oxygens (including phenoxy) is 2. The van der Waals surface area contributed by atoms with Crippen LogP contribution in [0, 0.1) is 6.92 Å². The van der Waals surface area contributed by atoms with Crippen LogP contribution in [0.4, 0.5) is 0 Å². The number of fused-ring (bicyclic) bond motifs is 1. The van der Waals surface area contributed by atoms with Gasteiger partial charge in [-0.1, -0.05) is 0 Å². The molecule has 0 aromatic heterocycles. The molecule has 0 unspecified atom stereocenters. The molecule has 0 N–H and O–H groups in total. The highest BCUT2D eigenvalue weighted by molar-refractivity contribution is 5.90. The molecular weight excluding hydrogens is 232 g/mol. The van der Waals surface area contributed by atoms with Crippen LogP contribution in [0.3, 0.4) is 0 Å². The van der Waals surface area contributed by atoms with Gasteiger partial charge in [0, 0.05) is 6.42 Å². The fourth-order valence-corrected chi connectivity index (χ4v) is 2.44. The number of hydrogen-bond donors (Lipinski definition) is 0. The zero-order valence-corrected chi connectivity index (χ0v) is 10.6. The van der Waals surface area contributed by atoms with E-state index >= 15 is 0 Å². The van der Waals surface area contributed by atoms with E-state index in [0.717, 1.165) is 29.4 Å². The lowest BCUT2D eigenvalue weighted by molar-refractivity contribution is -0.110. The lowest BCUT2D eigenvalue weighted by Gasteiger charge is -2.27. The van der Waals surface area contributed by atoms with Gasteiger partial charge in [-0.2, -0.15) is 0 Å². The predicted molar refractivity (Wildman–Crippen MR) is 65.6 cm³/mol. The highest BCUT2D eigenvalue weighted by atomic mass is 16.5. The standard InChI is InChI=1S/C14H16O4/c1-9-7-11(14(16)17-2)8-10-4-6-18-12(3-5-15)13(9)10/h5,7-8,12H,3-4,6H2,1-2H3/t12-/m1/s1. The van der Waals surface area contributed by atoms with Crippen LogP contribution >= 0.6 is 0 Å². The Balaban J connectivity index is 2.44. The van der Waals surface area contributed by atoms with Crippen LogP contribution < -0.4 is 0 Å². The van der Waals surface area contributed by atoms with Crippen LogP contribution in [-0.2, 0) is 20.7 Å². The largest absolute Gasteiger partial charge is 0.465 e. The second kappa shape index (κ2) is 5.31. The van der Waals surface area contributed by atoms with Gasteiger partial charge in [0.05, 0.1) is 25.4 Å². The maximum atomic E-state index is 11.5. The van der Waals surface area contributed by atoms with Crippen molar-refractivity contribution >= 4 is 12.3 Å². The monoisotopic (exact) mass is 248 g/mol. The summed E-state index contributed by atoms with van der Waals surface area (Å²) < 4.78 is 10.3. The quantitative estimate of drug-likeness (QED) is 0.606. The number of carbonyl (C=O) groups is 2. The second-order valence-corrected chi connectivity index (χ2v) is 4.37. The van der Waals surface area contributed by atoms with Crippen molar-refractivity contribution in [1.29, 1.82) is 0 Å². The molecule has 1 aromatic rings. The first-order valence-corrected chi connectivity index (χ1v) is 5.94. The number of aryl methyl sites for hydroxylation is 1. The molecule has 0 saturated heterocycles. The Labute approximate surface area is 106 Å². The van der Waals surface area contributed by atoms with Crippen molar-refractivity contribution in [2.45, 2.75) is 25.9 Å². The van der Waals surface area contributed by atoms with Crippen LogP contribution in [-0.4, -0.2) is 26.0 Å². The number of aldehydes is 1. The van der Waals surface area contributed by atoms with Crippen molar-refractivity contribution in [2.75, 3.05) is 13.7 Å². The van der Waals surface area contributed by atoms with Crippen LogP contribution in [0.5, 0.6) is 0 Å². The molecule has 1 aromatic carbocycles. The van der Waals surface area contributed by atoms with Crippen LogP contribution in [0.2, 0.25) is 0 Å². The molecule has 0 spiro atoms. The van der Waals surface area contributed by atoms with E-state index in [-0.39, 0.29) is 12.1 Å². The molecule has 96 valence electrons. The molecule has 0 saturated carbocycles. The van der Waals surface area contributed by atoms with E-state index in [1.54, 1.807) is 6.07 Å². The Bertz CT molecular complexity index is 479. The van der Waals surface area contributed by atoms with Gasteiger partial charge in [-0.15, -0.1) is 0 Å². The first kappa shape index (κ1) is 12.8. The number of hydrogen-bond acceptors (Lipinski definition) is 4. The van der Waals surface area contributed by atoms with Crippen LogP contribution in [0.1, 0.15) is 39.6 Å². The smallest absolute Gasteiger partial charge is 0.337 e. The van der Waals surface area contributed by atoms with Gasteiger partial charge in [-0.05, 0) is 42.2 Å². The summed E-state index contributed by atoms with van der Waals surface area (Å²) in [4.78, 5) is 22.2. The summed E-state index contributed by atoms with van der Waals surface area (Å²) in [6, 6.07) is 3.63. The minimum absolute atomic E-state index is 0.182. The Morgan fingerprint density at radius 3 is 3.00 bits per heavy atom. The maximum absolute atomic E-state index is 11.5. The molecule has 0 radical (unpaired) electrons. The van der Waals surface area contributed by atoms with Crippen molar-refractivity contribution in [2.24, 2.45) is 0 Å². The van der Waals surface area contributed by atoms with E-state index in [1.807, 2.05) is 13.0 Å². The summed E-state index contributed by atoms with van der Waals surface area (Å²) in [7, 11) is 1.37. The molecule has 1 aliphatic heterocycles. The molecular formula is C14H16O4. The van der Waals surface area contributed by atoms with Gasteiger partial charge in [-0.3, -0.25) is 0 Å². The number of carbonyl (C=O) groups excluding carboxylic acids is 2. The Morgan fingerprint density at radius 2 is 2.33 bits per heavy atom. The van der Waals surface area contributed by atoms with Gasteiger partial charge >= 0.3 is 5.97 Å². The summed E-state index contributed by atoms with van der Waals surface area (Å²) >= 11 is 0. The predicted octanol–water partition coefficient (Wildman–Crippen LogP) is 1.98. The Hall–Kier alpha value is -1.68. The average Bonchev–Trinajstić information content (AvgIpc) is 2.38. The third kappa shape index (κ3) is 2.29. The zero-order chi connectivity index (χ0) is 13.1. The third-order valence-corrected chi connectivity index (χ3v) is 3.22. The second-order valence-electron chi connectivity index (χ2n) is 4.37. The molecule has 18 heavy (non-hydrogen) atoms. The van der Waals surface area contributed by atoms with E-state index in [2.05, 4.69) is 0 Å². The molecule has 0 bridgehead atoms. The van der Waals surface area contributed by atoms with Crippen molar-refractivity contribution in [1.82, 2.24) is 0 Å². The maximum Gasteiger partial charge on any atom is 0.337 e. The molecule has 1 atom stereocenters. The number of rotatable bonds is 3. The van der Waals surface area contributed by atoms with Gasteiger partial charge in [0.15, 0.2) is 0 Å². The zero-order valence-electron chi connectivity index (χ0n) is 10.6. The molecule has 1 aliphatic rings. The molecule has 2 rings (SSSR count). The first-order chi connectivity index (χ1) is 8.67. The van der Waals surface area contributed by atoms with E-state index in [4.69, 9.17) is 9.47 Å². The first-order valence-electron chi connectivity index (χ1n) is 5.94. The minimum Gasteiger partial charge on any atom is -0.465 e. The number of benzene rings is 1. The van der Waals surface area contributed by atoms with Crippen molar-refractivity contribution in [3.8, 4) is 0 Å². The molecule has 4 heteroatoms. The van der Waals surface area contributed by atoms with Crippen molar-refractivity contribution < 1.29 is 19.1 Å². The average molecular weight is 248 g/mol. The third-order valence-electron chi connectivity index (χ3n) is 3.22. The summed E-state index contributed by atoms with van der Waals surface area (Å²) in [6.45, 7) is 2.51. The molecule has 0 amide bonds. The number of methoxy groups -OCH3 is 1. The molecule has 4 nitrogen and oxygen atoms in total. The SMILES string of the molecule is COC(=O)c1cc(C)c2c(c1)CCO[C@@H]2CC=O. The lowest BCUT2D eigenvalue weighted by Crippen LogP contribution is -2.19. The van der Waals surface area contributed by atoms with Crippen molar-refractivity contribution in [3.63, 3.8) is 0 Å². The topological polar surface area (TPSA) is 52.6 Å². The highest BCUT2D eigenvalue weighted by Crippen LogP contribution is 2.32. The summed E-state index contributed by atoms with van der Waals surface area (Å²) in [5, 5.41) is 0. The van der Waals surface area contributed by atoms with Crippen molar-refractivity contribution in [3.05, 3.63) is 34.4 Å². The number of esters is 1. The normalized spacial score (nSPS) is 18.0. The van der Waals surface area contributed by atoms with E-state index in [9.17, 15) is 9.59 Å². The fraction of sp³-hybridized carbons (Fsp3) is 0.429. The molecule has 0 aliphatic carbocycles. The molecule has 0 fully saturated rings. The van der Waals surface area contributed by atoms with Gasteiger partial charge < -0.3 is 14.3 Å². The summed E-state index contributed by atoms with van der Waals surface area (Å²) in [6.07, 6.45) is 1.80. The lowest BCUT2D eigenvalue weighted by atomic mass is 9.90. The van der Waals surface area contributed by atoms with E-state index < -0.39 is 0 Å². The Morgan fingerprint density at radius 1 is 1.56 bits per heavy atom. The van der Waals surface area contributed by atoms with Gasteiger partial charge in [0.2, 0.25) is 0 Å². The highest BCUT2D eigenvalue weighted by Gasteiger charge is 2.24. The summed E-state index contributed by atoms with van der Waals surface area (Å²) in [5.41, 5.74) is 3.65. The fourth-order valence-electron chi connectivity index (χ4n) is 2.44. The Kier molecular flexibility index (Phi) is 3.77. The van der Waals surface area contributed by atoms with Crippen LogP contribution in [0.15, 0.2) is 12.1 Å². The van der Waals surface area contributed by atoms with Gasteiger partial charge in [0.25, 0.3) is 0 Å². The summed E-state index contributed by atoms with van der Waals surface area (Å²) in [5.74, 6) is -0.334. The molecule has 1 heterocycles. The van der Waals surface area contributed by atoms with E-state index in [0.29, 0.717) is 18.6 Å².